The van der Waals surface area contributed by atoms with Gasteiger partial charge >= 0.3 is 12.2 Å². The van der Waals surface area contributed by atoms with E-state index >= 15 is 0 Å². The molecule has 0 spiro atoms. The van der Waals surface area contributed by atoms with E-state index in [0.717, 1.165) is 10.5 Å². The molecule has 1 N–H and O–H groups in total. The molecule has 0 bridgehead atoms. The molecule has 3 rings (SSSR count). The Kier molecular flexibility index (Phi) is 8.70. The number of carbonyl (C=O) groups excluding carboxylic acids is 3. The minimum Gasteiger partial charge on any atom is -0.446 e. The molecular weight excluding hydrogens is 504 g/mol. The fourth-order valence-corrected chi connectivity index (χ4v) is 6.00. The number of hydrogen-bond acceptors (Lipinski definition) is 7. The summed E-state index contributed by atoms with van der Waals surface area (Å²) in [5.41, 5.74) is 0.0432. The van der Waals surface area contributed by atoms with E-state index in [4.69, 9.17) is 13.9 Å². The zero-order valence-corrected chi connectivity index (χ0v) is 25.2. The summed E-state index contributed by atoms with van der Waals surface area (Å²) < 4.78 is 17.4. The highest BCUT2D eigenvalue weighted by Crippen LogP contribution is 2.40. The van der Waals surface area contributed by atoms with E-state index in [9.17, 15) is 19.5 Å². The van der Waals surface area contributed by atoms with Crippen LogP contribution in [-0.4, -0.2) is 78.3 Å². The highest BCUT2D eigenvalue weighted by molar-refractivity contribution is 6.74. The molecule has 0 saturated carbocycles. The lowest BCUT2D eigenvalue weighted by Crippen LogP contribution is -2.51. The Labute approximate surface area is 227 Å². The first-order valence-corrected chi connectivity index (χ1v) is 16.2. The van der Waals surface area contributed by atoms with Crippen LogP contribution in [0.5, 0.6) is 0 Å². The minimum atomic E-state index is -2.17. The molecule has 2 aliphatic rings. The average molecular weight is 549 g/mol. The second kappa shape index (κ2) is 11.0. The van der Waals surface area contributed by atoms with Crippen molar-refractivity contribution in [3.8, 4) is 0 Å². The lowest BCUT2D eigenvalue weighted by molar-refractivity contribution is -0.138. The van der Waals surface area contributed by atoms with Crippen molar-refractivity contribution in [1.29, 1.82) is 0 Å². The van der Waals surface area contributed by atoms with Gasteiger partial charge in [0.2, 0.25) is 5.91 Å². The van der Waals surface area contributed by atoms with E-state index in [-0.39, 0.29) is 24.3 Å². The van der Waals surface area contributed by atoms with Crippen LogP contribution in [0.2, 0.25) is 18.1 Å². The molecular formula is C28H44N2O7Si. The number of likely N-dealkylation sites (tertiary alicyclic amines) is 1. The molecule has 0 radical (unpaired) electrons. The molecule has 1 aromatic rings. The van der Waals surface area contributed by atoms with Gasteiger partial charge in [-0.2, -0.15) is 0 Å². The van der Waals surface area contributed by atoms with E-state index in [1.165, 1.54) is 4.90 Å². The lowest BCUT2D eigenvalue weighted by atomic mass is 9.93. The molecule has 0 aliphatic carbocycles. The molecule has 9 nitrogen and oxygen atoms in total. The van der Waals surface area contributed by atoms with Crippen LogP contribution in [0.25, 0.3) is 0 Å². The van der Waals surface area contributed by atoms with Gasteiger partial charge in [0.05, 0.1) is 24.2 Å². The summed E-state index contributed by atoms with van der Waals surface area (Å²) in [5.74, 6) is -1.53. The molecule has 5 atom stereocenters. The number of nitrogens with zero attached hydrogens (tertiary/aromatic N) is 2. The van der Waals surface area contributed by atoms with Crippen LogP contribution in [0.1, 0.15) is 66.5 Å². The fourth-order valence-electron chi connectivity index (χ4n) is 4.64. The van der Waals surface area contributed by atoms with Gasteiger partial charge in [-0.25, -0.2) is 14.5 Å². The van der Waals surface area contributed by atoms with Gasteiger partial charge < -0.3 is 19.0 Å². The number of rotatable bonds is 6. The molecule has 3 amide bonds. The van der Waals surface area contributed by atoms with E-state index in [1.807, 2.05) is 30.3 Å². The van der Waals surface area contributed by atoms with Crippen LogP contribution in [0.3, 0.4) is 0 Å². The van der Waals surface area contributed by atoms with Gasteiger partial charge in [0.15, 0.2) is 8.32 Å². The van der Waals surface area contributed by atoms with Gasteiger partial charge in [0.25, 0.3) is 0 Å². The Hall–Kier alpha value is -2.43. The van der Waals surface area contributed by atoms with Crippen LogP contribution in [-0.2, 0) is 18.7 Å². The van der Waals surface area contributed by atoms with Crippen LogP contribution >= 0.6 is 0 Å². The monoisotopic (exact) mass is 548 g/mol. The van der Waals surface area contributed by atoms with Gasteiger partial charge in [-0.15, -0.1) is 0 Å². The molecule has 38 heavy (non-hydrogen) atoms. The molecule has 212 valence electrons. The second-order valence-corrected chi connectivity index (χ2v) is 17.7. The molecule has 2 heterocycles. The maximum absolute atomic E-state index is 13.6. The van der Waals surface area contributed by atoms with Crippen LogP contribution in [0.15, 0.2) is 30.3 Å². The lowest BCUT2D eigenvalue weighted by Gasteiger charge is -2.38. The van der Waals surface area contributed by atoms with Crippen LogP contribution in [0.4, 0.5) is 9.59 Å². The van der Waals surface area contributed by atoms with Gasteiger partial charge in [-0.05, 0) is 50.9 Å². The SMILES string of the molecule is C[C@@H](C(=O)N1C(=O)OCC1c1ccccc1)[C@@H](O)[C@@H]1C[C@@H](O[Si](C)(C)C(C)(C)C)CN1C(=O)OC(C)(C)C. The van der Waals surface area contributed by atoms with Crippen molar-refractivity contribution in [3.05, 3.63) is 35.9 Å². The summed E-state index contributed by atoms with van der Waals surface area (Å²) in [5, 5.41) is 11.5. The number of aliphatic hydroxyl groups excluding tert-OH is 1. The first kappa shape index (κ1) is 30.1. The Morgan fingerprint density at radius 2 is 1.71 bits per heavy atom. The van der Waals surface area contributed by atoms with E-state index in [1.54, 1.807) is 27.7 Å². The van der Waals surface area contributed by atoms with E-state index in [0.29, 0.717) is 6.42 Å². The summed E-state index contributed by atoms with van der Waals surface area (Å²) in [6, 6.07) is 7.89. The number of aliphatic hydroxyl groups is 1. The molecule has 0 aromatic heterocycles. The topological polar surface area (TPSA) is 106 Å². The summed E-state index contributed by atoms with van der Waals surface area (Å²) in [6.07, 6.45) is -2.49. The number of ether oxygens (including phenoxy) is 2. The highest BCUT2D eigenvalue weighted by Gasteiger charge is 2.49. The van der Waals surface area contributed by atoms with Crippen molar-refractivity contribution in [1.82, 2.24) is 9.80 Å². The van der Waals surface area contributed by atoms with E-state index in [2.05, 4.69) is 33.9 Å². The predicted octanol–water partition coefficient (Wildman–Crippen LogP) is 5.10. The molecule has 10 heteroatoms. The van der Waals surface area contributed by atoms with Gasteiger partial charge in [-0.3, -0.25) is 9.69 Å². The number of amides is 3. The van der Waals surface area contributed by atoms with Crippen LogP contribution < -0.4 is 0 Å². The molecule has 1 unspecified atom stereocenters. The van der Waals surface area contributed by atoms with Crippen molar-refractivity contribution in [3.63, 3.8) is 0 Å². The van der Waals surface area contributed by atoms with E-state index < -0.39 is 56.1 Å². The number of cyclic esters (lactones) is 1. The first-order chi connectivity index (χ1) is 17.4. The van der Waals surface area contributed by atoms with Crippen molar-refractivity contribution >= 4 is 26.4 Å². The summed E-state index contributed by atoms with van der Waals surface area (Å²) in [4.78, 5) is 41.9. The Morgan fingerprint density at radius 1 is 1.11 bits per heavy atom. The smallest absolute Gasteiger partial charge is 0.417 e. The largest absolute Gasteiger partial charge is 0.446 e. The Bertz CT molecular complexity index is 1020. The third-order valence-electron chi connectivity index (χ3n) is 7.79. The quantitative estimate of drug-likeness (QED) is 0.493. The molecule has 1 aromatic carbocycles. The predicted molar refractivity (Wildman–Crippen MR) is 146 cm³/mol. The minimum absolute atomic E-state index is 0.0354. The number of carbonyl (C=O) groups is 3. The fraction of sp³-hybridized carbons (Fsp3) is 0.679. The summed E-state index contributed by atoms with van der Waals surface area (Å²) >= 11 is 0. The Morgan fingerprint density at radius 3 is 2.26 bits per heavy atom. The Balaban J connectivity index is 1.84. The van der Waals surface area contributed by atoms with Crippen molar-refractivity contribution in [2.45, 2.75) is 103 Å². The zero-order chi connectivity index (χ0) is 28.6. The third-order valence-corrected chi connectivity index (χ3v) is 12.3. The molecule has 2 aliphatic heterocycles. The van der Waals surface area contributed by atoms with Gasteiger partial charge in [0.1, 0.15) is 18.2 Å². The van der Waals surface area contributed by atoms with Crippen LogP contribution in [0, 0.1) is 5.92 Å². The van der Waals surface area contributed by atoms with Crippen molar-refractivity contribution in [2.24, 2.45) is 5.92 Å². The number of imide groups is 1. The summed E-state index contributed by atoms with van der Waals surface area (Å²) in [6.45, 7) is 17.9. The highest BCUT2D eigenvalue weighted by atomic mass is 28.4. The zero-order valence-electron chi connectivity index (χ0n) is 24.2. The third kappa shape index (κ3) is 6.58. The van der Waals surface area contributed by atoms with Gasteiger partial charge in [-0.1, -0.05) is 58.0 Å². The molecule has 2 saturated heterocycles. The maximum atomic E-state index is 13.6. The summed E-state index contributed by atoms with van der Waals surface area (Å²) in [7, 11) is -2.17. The average Bonchev–Trinajstić information content (AvgIpc) is 3.39. The normalized spacial score (nSPS) is 24.3. The van der Waals surface area contributed by atoms with Gasteiger partial charge in [0, 0.05) is 6.54 Å². The standard InChI is InChI=1S/C28H44N2O7Si/c1-18(24(32)30-22(17-35-26(30)34)19-13-11-10-12-14-19)23(31)21-15-20(37-38(8,9)28(5,6)7)16-29(21)25(33)36-27(2,3)4/h10-14,18,20-23,31H,15-17H2,1-9H3/t18-,20-,21+,22?,23-/m1/s1. The number of hydrogen-bond donors (Lipinski definition) is 1. The second-order valence-electron chi connectivity index (χ2n) is 12.9. The maximum Gasteiger partial charge on any atom is 0.417 e. The van der Waals surface area contributed by atoms with Crippen molar-refractivity contribution in [2.75, 3.05) is 13.2 Å². The number of benzene rings is 1. The van der Waals surface area contributed by atoms with Crippen molar-refractivity contribution < 1.29 is 33.4 Å². The molecule has 2 fully saturated rings. The first-order valence-electron chi connectivity index (χ1n) is 13.3.